The smallest absolute Gasteiger partial charge is 0.251 e. The number of hydrogen-bond donors (Lipinski definition) is 2. The highest BCUT2D eigenvalue weighted by Gasteiger charge is 2.08. The van der Waals surface area contributed by atoms with Gasteiger partial charge in [0.2, 0.25) is 10.0 Å². The van der Waals surface area contributed by atoms with E-state index >= 15 is 0 Å². The maximum Gasteiger partial charge on any atom is 0.251 e. The summed E-state index contributed by atoms with van der Waals surface area (Å²) < 4.78 is 26.1. The minimum absolute atomic E-state index is 0.0797. The summed E-state index contributed by atoms with van der Waals surface area (Å²) in [6, 6.07) is 7.60. The molecular formula is C16H22N2O3S. The highest BCUT2D eigenvalue weighted by molar-refractivity contribution is 7.89. The molecule has 0 saturated carbocycles. The van der Waals surface area contributed by atoms with E-state index in [9.17, 15) is 13.2 Å². The van der Waals surface area contributed by atoms with Crippen LogP contribution >= 0.6 is 0 Å². The molecule has 0 aliphatic heterocycles. The molecule has 0 atom stereocenters. The summed E-state index contributed by atoms with van der Waals surface area (Å²) in [5.41, 5.74) is 2.42. The molecule has 0 saturated heterocycles. The molecule has 2 N–H and O–H groups in total. The van der Waals surface area contributed by atoms with E-state index < -0.39 is 10.0 Å². The van der Waals surface area contributed by atoms with E-state index in [1.54, 1.807) is 6.92 Å². The molecule has 0 aliphatic rings. The van der Waals surface area contributed by atoms with Crippen molar-refractivity contribution >= 4 is 20.9 Å². The van der Waals surface area contributed by atoms with E-state index in [0.29, 0.717) is 24.9 Å². The maximum absolute atomic E-state index is 11.7. The van der Waals surface area contributed by atoms with Crippen LogP contribution in [0, 0.1) is 6.92 Å². The van der Waals surface area contributed by atoms with Crippen molar-refractivity contribution in [3.8, 4) is 0 Å². The van der Waals surface area contributed by atoms with Gasteiger partial charge >= 0.3 is 0 Å². The van der Waals surface area contributed by atoms with Crippen LogP contribution in [-0.4, -0.2) is 25.7 Å². The summed E-state index contributed by atoms with van der Waals surface area (Å²) >= 11 is 0. The minimum atomic E-state index is -3.17. The molecule has 0 spiro atoms. The standard InChI is InChI=1S/C16H22N2O3S/c1-3-4-9-22(20,21)17-8-7-13-5-6-15-14(11-13)10-12(2)16(19)18-15/h5-6,10-11,17H,3-4,7-9H2,1-2H3,(H,18,19). The van der Waals surface area contributed by atoms with E-state index in [0.717, 1.165) is 22.9 Å². The van der Waals surface area contributed by atoms with Crippen molar-refractivity contribution in [3.05, 3.63) is 45.7 Å². The lowest BCUT2D eigenvalue weighted by atomic mass is 10.1. The second kappa shape index (κ2) is 7.07. The van der Waals surface area contributed by atoms with E-state index in [1.807, 2.05) is 31.2 Å². The van der Waals surface area contributed by atoms with Crippen LogP contribution in [0.3, 0.4) is 0 Å². The van der Waals surface area contributed by atoms with Crippen molar-refractivity contribution in [3.63, 3.8) is 0 Å². The summed E-state index contributed by atoms with van der Waals surface area (Å²) in [6.07, 6.45) is 2.17. The molecule has 6 heteroatoms. The van der Waals surface area contributed by atoms with E-state index in [2.05, 4.69) is 9.71 Å². The number of aromatic nitrogens is 1. The van der Waals surface area contributed by atoms with Crippen LogP contribution < -0.4 is 10.3 Å². The molecule has 2 aromatic rings. The average Bonchev–Trinajstić information content (AvgIpc) is 2.46. The lowest BCUT2D eigenvalue weighted by Crippen LogP contribution is -2.28. The van der Waals surface area contributed by atoms with Gasteiger partial charge in [-0.2, -0.15) is 0 Å². The second-order valence-corrected chi connectivity index (χ2v) is 7.45. The third-order valence-corrected chi connectivity index (χ3v) is 5.07. The van der Waals surface area contributed by atoms with Crippen molar-refractivity contribution in [1.82, 2.24) is 9.71 Å². The number of sulfonamides is 1. The molecular weight excluding hydrogens is 300 g/mol. The van der Waals surface area contributed by atoms with Gasteiger partial charge in [0.1, 0.15) is 0 Å². The third-order valence-electron chi connectivity index (χ3n) is 3.60. The van der Waals surface area contributed by atoms with Gasteiger partial charge in [-0.25, -0.2) is 13.1 Å². The topological polar surface area (TPSA) is 79.0 Å². The van der Waals surface area contributed by atoms with Gasteiger partial charge in [0.25, 0.3) is 5.56 Å². The molecule has 0 aliphatic carbocycles. The second-order valence-electron chi connectivity index (χ2n) is 5.52. The number of rotatable bonds is 7. The lowest BCUT2D eigenvalue weighted by Gasteiger charge is -2.07. The zero-order valence-electron chi connectivity index (χ0n) is 13.0. The van der Waals surface area contributed by atoms with Gasteiger partial charge in [0.05, 0.1) is 5.75 Å². The van der Waals surface area contributed by atoms with Gasteiger partial charge in [-0.1, -0.05) is 19.4 Å². The highest BCUT2D eigenvalue weighted by atomic mass is 32.2. The largest absolute Gasteiger partial charge is 0.322 e. The molecule has 0 fully saturated rings. The Bertz CT molecular complexity index is 810. The summed E-state index contributed by atoms with van der Waals surface area (Å²) in [5.74, 6) is 0.182. The summed E-state index contributed by atoms with van der Waals surface area (Å²) in [7, 11) is -3.17. The Balaban J connectivity index is 2.03. The fourth-order valence-electron chi connectivity index (χ4n) is 2.28. The van der Waals surface area contributed by atoms with Crippen LogP contribution in [0.4, 0.5) is 0 Å². The molecule has 1 aromatic heterocycles. The number of hydrogen-bond acceptors (Lipinski definition) is 3. The normalized spacial score (nSPS) is 11.9. The Labute approximate surface area is 130 Å². The number of H-pyrrole nitrogens is 1. The fourth-order valence-corrected chi connectivity index (χ4v) is 3.50. The Morgan fingerprint density at radius 3 is 2.73 bits per heavy atom. The van der Waals surface area contributed by atoms with E-state index in [1.165, 1.54) is 0 Å². The Hall–Kier alpha value is -1.66. The van der Waals surface area contributed by atoms with Gasteiger partial charge in [0.15, 0.2) is 0 Å². The van der Waals surface area contributed by atoms with Crippen LogP contribution in [0.15, 0.2) is 29.1 Å². The number of aryl methyl sites for hydroxylation is 1. The van der Waals surface area contributed by atoms with Crippen molar-refractivity contribution in [2.24, 2.45) is 0 Å². The maximum atomic E-state index is 11.7. The van der Waals surface area contributed by atoms with Crippen molar-refractivity contribution in [1.29, 1.82) is 0 Å². The van der Waals surface area contributed by atoms with Crippen molar-refractivity contribution < 1.29 is 8.42 Å². The first-order chi connectivity index (χ1) is 10.4. The van der Waals surface area contributed by atoms with Crippen LogP contribution in [0.25, 0.3) is 10.9 Å². The average molecular weight is 322 g/mol. The van der Waals surface area contributed by atoms with Crippen molar-refractivity contribution in [2.75, 3.05) is 12.3 Å². The third kappa shape index (κ3) is 4.42. The van der Waals surface area contributed by atoms with E-state index in [-0.39, 0.29) is 11.3 Å². The Morgan fingerprint density at radius 2 is 2.00 bits per heavy atom. The number of pyridine rings is 1. The molecule has 5 nitrogen and oxygen atoms in total. The lowest BCUT2D eigenvalue weighted by molar-refractivity contribution is 0.578. The Morgan fingerprint density at radius 1 is 1.23 bits per heavy atom. The molecule has 1 aromatic carbocycles. The molecule has 120 valence electrons. The number of nitrogens with one attached hydrogen (secondary N) is 2. The number of aromatic amines is 1. The summed E-state index contributed by atoms with van der Waals surface area (Å²) in [6.45, 7) is 4.13. The fraction of sp³-hybridized carbons (Fsp3) is 0.438. The SMILES string of the molecule is CCCCS(=O)(=O)NCCc1ccc2[nH]c(=O)c(C)cc2c1. The predicted molar refractivity (Wildman–Crippen MR) is 89.7 cm³/mol. The summed E-state index contributed by atoms with van der Waals surface area (Å²) in [5, 5.41) is 0.962. The number of fused-ring (bicyclic) bond motifs is 1. The highest BCUT2D eigenvalue weighted by Crippen LogP contribution is 2.14. The van der Waals surface area contributed by atoms with E-state index in [4.69, 9.17) is 0 Å². The van der Waals surface area contributed by atoms with Crippen LogP contribution in [-0.2, 0) is 16.4 Å². The minimum Gasteiger partial charge on any atom is -0.322 e. The van der Waals surface area contributed by atoms with Crippen LogP contribution in [0.1, 0.15) is 30.9 Å². The van der Waals surface area contributed by atoms with Gasteiger partial charge in [-0.05, 0) is 48.9 Å². The first kappa shape index (κ1) is 16.7. The first-order valence-corrected chi connectivity index (χ1v) is 9.16. The number of unbranched alkanes of at least 4 members (excludes halogenated alkanes) is 1. The molecule has 22 heavy (non-hydrogen) atoms. The summed E-state index contributed by atoms with van der Waals surface area (Å²) in [4.78, 5) is 14.4. The zero-order valence-corrected chi connectivity index (χ0v) is 13.8. The molecule has 0 amide bonds. The monoisotopic (exact) mass is 322 g/mol. The van der Waals surface area contributed by atoms with Crippen LogP contribution in [0.2, 0.25) is 0 Å². The van der Waals surface area contributed by atoms with Gasteiger partial charge < -0.3 is 4.98 Å². The number of benzene rings is 1. The van der Waals surface area contributed by atoms with Gasteiger partial charge in [-0.15, -0.1) is 0 Å². The molecule has 0 bridgehead atoms. The predicted octanol–water partition coefficient (Wildman–Crippen LogP) is 2.10. The molecule has 1 heterocycles. The molecule has 0 radical (unpaired) electrons. The van der Waals surface area contributed by atoms with Crippen LogP contribution in [0.5, 0.6) is 0 Å². The van der Waals surface area contributed by atoms with Crippen molar-refractivity contribution in [2.45, 2.75) is 33.1 Å². The van der Waals surface area contributed by atoms with Gasteiger partial charge in [0, 0.05) is 17.6 Å². The van der Waals surface area contributed by atoms with Gasteiger partial charge in [-0.3, -0.25) is 4.79 Å². The quantitative estimate of drug-likeness (QED) is 0.819. The molecule has 0 unspecified atom stereocenters. The zero-order chi connectivity index (χ0) is 16.2. The Kier molecular flexibility index (Phi) is 5.37. The molecule has 2 rings (SSSR count). The first-order valence-electron chi connectivity index (χ1n) is 7.51.